The van der Waals surface area contributed by atoms with E-state index in [1.54, 1.807) is 4.68 Å². The van der Waals surface area contributed by atoms with Gasteiger partial charge in [0, 0.05) is 20.1 Å². The van der Waals surface area contributed by atoms with Crippen molar-refractivity contribution in [3.63, 3.8) is 0 Å². The van der Waals surface area contributed by atoms with Gasteiger partial charge in [-0.25, -0.2) is 0 Å². The van der Waals surface area contributed by atoms with E-state index in [4.69, 9.17) is 10.5 Å². The molecule has 0 bridgehead atoms. The summed E-state index contributed by atoms with van der Waals surface area (Å²) in [6.45, 7) is 6.44. The summed E-state index contributed by atoms with van der Waals surface area (Å²) in [5.41, 5.74) is 7.65. The summed E-state index contributed by atoms with van der Waals surface area (Å²) in [7, 11) is 1.84. The summed E-state index contributed by atoms with van der Waals surface area (Å²) < 4.78 is 6.98. The first kappa shape index (κ1) is 15.6. The number of carbonyl (C=O) groups excluding carboxylic acids is 1. The molecular formula is C14H25N5O2. The first-order valence-electron chi connectivity index (χ1n) is 7.49. The van der Waals surface area contributed by atoms with Crippen LogP contribution in [0.15, 0.2) is 0 Å². The minimum absolute atomic E-state index is 0.0657. The minimum atomic E-state index is -0.338. The Bertz CT molecular complexity index is 494. The van der Waals surface area contributed by atoms with Crippen molar-refractivity contribution in [2.75, 3.05) is 37.4 Å². The van der Waals surface area contributed by atoms with E-state index in [0.29, 0.717) is 37.8 Å². The molecule has 1 saturated heterocycles. The lowest BCUT2D eigenvalue weighted by Gasteiger charge is -2.29. The van der Waals surface area contributed by atoms with Crippen LogP contribution in [0.5, 0.6) is 0 Å². The molecular weight excluding hydrogens is 270 g/mol. The van der Waals surface area contributed by atoms with E-state index in [2.05, 4.69) is 17.3 Å². The highest BCUT2D eigenvalue weighted by atomic mass is 16.5. The van der Waals surface area contributed by atoms with E-state index >= 15 is 0 Å². The number of carbonyl (C=O) groups is 1. The molecule has 1 aliphatic heterocycles. The monoisotopic (exact) mass is 295 g/mol. The van der Waals surface area contributed by atoms with Crippen LogP contribution >= 0.6 is 0 Å². The highest BCUT2D eigenvalue weighted by Crippen LogP contribution is 2.24. The maximum absolute atomic E-state index is 12.4. The number of morpholine rings is 1. The molecule has 21 heavy (non-hydrogen) atoms. The Morgan fingerprint density at radius 3 is 2.76 bits per heavy atom. The van der Waals surface area contributed by atoms with Gasteiger partial charge >= 0.3 is 0 Å². The Kier molecular flexibility index (Phi) is 5.06. The molecule has 0 radical (unpaired) electrons. The lowest BCUT2D eigenvalue weighted by molar-refractivity contribution is -0.135. The van der Waals surface area contributed by atoms with Crippen molar-refractivity contribution < 1.29 is 9.53 Å². The Hall–Kier alpha value is -1.76. The second kappa shape index (κ2) is 6.80. The number of aryl methyl sites for hydroxylation is 2. The van der Waals surface area contributed by atoms with Gasteiger partial charge in [0.25, 0.3) is 0 Å². The quantitative estimate of drug-likeness (QED) is 0.831. The van der Waals surface area contributed by atoms with Gasteiger partial charge in [-0.15, -0.1) is 0 Å². The molecule has 3 N–H and O–H groups in total. The Balaban J connectivity index is 2.04. The third kappa shape index (κ3) is 3.47. The number of amides is 1. The van der Waals surface area contributed by atoms with Gasteiger partial charge in [-0.2, -0.15) is 5.10 Å². The number of hydrogen-bond donors (Lipinski definition) is 2. The number of hydrogen-bond acceptors (Lipinski definition) is 5. The van der Waals surface area contributed by atoms with Crippen LogP contribution in [0, 0.1) is 0 Å². The molecule has 1 amide bonds. The van der Waals surface area contributed by atoms with Crippen molar-refractivity contribution >= 4 is 17.4 Å². The maximum Gasteiger partial charge on any atom is 0.244 e. The molecule has 0 spiro atoms. The fourth-order valence-corrected chi connectivity index (χ4v) is 2.51. The molecule has 7 nitrogen and oxygen atoms in total. The van der Waals surface area contributed by atoms with Gasteiger partial charge in [-0.1, -0.05) is 13.3 Å². The van der Waals surface area contributed by atoms with Crippen LogP contribution in [0.4, 0.5) is 11.5 Å². The molecule has 1 unspecified atom stereocenters. The molecule has 7 heteroatoms. The number of nitrogens with two attached hydrogens (primary N) is 1. The largest absolute Gasteiger partial charge is 0.394 e. The van der Waals surface area contributed by atoms with Crippen LogP contribution in [0.3, 0.4) is 0 Å². The Labute approximate surface area is 125 Å². The molecule has 118 valence electrons. The zero-order valence-electron chi connectivity index (χ0n) is 13.1. The summed E-state index contributed by atoms with van der Waals surface area (Å²) in [5.74, 6) is 0.781. The standard InChI is InChI=1S/C14H25N5O2/c1-4-5-11-12(15)13(18(3)17-11)16-10(2)14(20)19-6-8-21-9-7-19/h10,16H,4-9,15H2,1-3H3. The smallest absolute Gasteiger partial charge is 0.244 e. The first-order valence-corrected chi connectivity index (χ1v) is 7.49. The number of nitrogens with one attached hydrogen (secondary N) is 1. The Morgan fingerprint density at radius 2 is 2.14 bits per heavy atom. The number of aromatic nitrogens is 2. The second-order valence-electron chi connectivity index (χ2n) is 5.39. The molecule has 0 aliphatic carbocycles. The molecule has 1 aliphatic rings. The maximum atomic E-state index is 12.4. The molecule has 2 rings (SSSR count). The fraction of sp³-hybridized carbons (Fsp3) is 0.714. The third-order valence-corrected chi connectivity index (χ3v) is 3.69. The normalized spacial score (nSPS) is 16.8. The van der Waals surface area contributed by atoms with Gasteiger partial charge in [-0.3, -0.25) is 9.48 Å². The second-order valence-corrected chi connectivity index (χ2v) is 5.39. The molecule has 1 aromatic heterocycles. The number of ether oxygens (including phenoxy) is 1. The zero-order chi connectivity index (χ0) is 15.4. The van der Waals surface area contributed by atoms with E-state index in [1.165, 1.54) is 0 Å². The van der Waals surface area contributed by atoms with Gasteiger partial charge < -0.3 is 20.7 Å². The molecule has 0 saturated carbocycles. The number of nitrogen functional groups attached to an aromatic ring is 1. The molecule has 1 fully saturated rings. The van der Waals surface area contributed by atoms with Crippen molar-refractivity contribution in [3.8, 4) is 0 Å². The number of nitrogens with zero attached hydrogens (tertiary/aromatic N) is 3. The molecule has 1 aromatic rings. The highest BCUT2D eigenvalue weighted by molar-refractivity contribution is 5.85. The number of anilines is 2. The van der Waals surface area contributed by atoms with E-state index in [9.17, 15) is 4.79 Å². The highest BCUT2D eigenvalue weighted by Gasteiger charge is 2.24. The van der Waals surface area contributed by atoms with Crippen LogP contribution in [0.1, 0.15) is 26.0 Å². The van der Waals surface area contributed by atoms with E-state index in [1.807, 2.05) is 18.9 Å². The average molecular weight is 295 g/mol. The van der Waals surface area contributed by atoms with Crippen molar-refractivity contribution in [1.29, 1.82) is 0 Å². The third-order valence-electron chi connectivity index (χ3n) is 3.69. The summed E-state index contributed by atoms with van der Waals surface area (Å²) in [6, 6.07) is -0.338. The lowest BCUT2D eigenvalue weighted by Crippen LogP contribution is -2.47. The van der Waals surface area contributed by atoms with Gasteiger partial charge in [0.05, 0.1) is 24.6 Å². The van der Waals surface area contributed by atoms with Crippen LogP contribution < -0.4 is 11.1 Å². The molecule has 1 atom stereocenters. The SMILES string of the molecule is CCCc1nn(C)c(NC(C)C(=O)N2CCOCC2)c1N. The fourth-order valence-electron chi connectivity index (χ4n) is 2.51. The average Bonchev–Trinajstić information content (AvgIpc) is 2.75. The summed E-state index contributed by atoms with van der Waals surface area (Å²) in [5, 5.41) is 7.61. The van der Waals surface area contributed by atoms with Crippen molar-refractivity contribution in [2.24, 2.45) is 7.05 Å². The molecule has 0 aromatic carbocycles. The van der Waals surface area contributed by atoms with Crippen LogP contribution in [0.25, 0.3) is 0 Å². The topological polar surface area (TPSA) is 85.4 Å². The van der Waals surface area contributed by atoms with Gasteiger partial charge in [0.2, 0.25) is 5.91 Å². The summed E-state index contributed by atoms with van der Waals surface area (Å²) in [4.78, 5) is 14.2. The zero-order valence-corrected chi connectivity index (χ0v) is 13.1. The van der Waals surface area contributed by atoms with Crippen molar-refractivity contribution in [2.45, 2.75) is 32.7 Å². The van der Waals surface area contributed by atoms with E-state index in [-0.39, 0.29) is 11.9 Å². The molecule has 2 heterocycles. The van der Waals surface area contributed by atoms with Gasteiger partial charge in [-0.05, 0) is 13.3 Å². The lowest BCUT2D eigenvalue weighted by atomic mass is 10.2. The predicted octanol–water partition coefficient (Wildman–Crippen LogP) is 0.614. The van der Waals surface area contributed by atoms with Crippen molar-refractivity contribution in [3.05, 3.63) is 5.69 Å². The van der Waals surface area contributed by atoms with E-state index < -0.39 is 0 Å². The van der Waals surface area contributed by atoms with Gasteiger partial charge in [0.1, 0.15) is 11.9 Å². The van der Waals surface area contributed by atoms with Crippen molar-refractivity contribution in [1.82, 2.24) is 14.7 Å². The first-order chi connectivity index (χ1) is 10.0. The van der Waals surface area contributed by atoms with Crippen LogP contribution in [-0.2, 0) is 23.0 Å². The van der Waals surface area contributed by atoms with Crippen LogP contribution in [0.2, 0.25) is 0 Å². The van der Waals surface area contributed by atoms with Gasteiger partial charge in [0.15, 0.2) is 0 Å². The Morgan fingerprint density at radius 1 is 1.48 bits per heavy atom. The summed E-state index contributed by atoms with van der Waals surface area (Å²) in [6.07, 6.45) is 1.83. The van der Waals surface area contributed by atoms with E-state index in [0.717, 1.165) is 18.5 Å². The summed E-state index contributed by atoms with van der Waals surface area (Å²) >= 11 is 0. The number of rotatable bonds is 5. The predicted molar refractivity (Wildman–Crippen MR) is 82.1 cm³/mol. The minimum Gasteiger partial charge on any atom is -0.394 e. The van der Waals surface area contributed by atoms with Crippen LogP contribution in [-0.4, -0.2) is 52.9 Å².